The molecule has 4 rings (SSSR count). The van der Waals surface area contributed by atoms with E-state index in [4.69, 9.17) is 0 Å². The van der Waals surface area contributed by atoms with Crippen molar-refractivity contribution in [2.75, 3.05) is 5.75 Å². The van der Waals surface area contributed by atoms with Crippen LogP contribution in [0.4, 0.5) is 4.79 Å². The quantitative estimate of drug-likeness (QED) is 0.780. The summed E-state index contributed by atoms with van der Waals surface area (Å²) in [4.78, 5) is 24.7. The highest BCUT2D eigenvalue weighted by atomic mass is 32.2. The van der Waals surface area contributed by atoms with E-state index in [1.54, 1.807) is 6.08 Å². The normalized spacial score (nSPS) is 41.5. The summed E-state index contributed by atoms with van der Waals surface area (Å²) >= 11 is 0. The van der Waals surface area contributed by atoms with E-state index in [0.29, 0.717) is 18.8 Å². The smallest absolute Gasteiger partial charge is 0.327 e. The van der Waals surface area contributed by atoms with Crippen LogP contribution in [-0.2, 0) is 14.8 Å². The fourth-order valence-corrected chi connectivity index (χ4v) is 8.11. The third kappa shape index (κ3) is 1.90. The highest BCUT2D eigenvalue weighted by Gasteiger charge is 2.72. The number of nitrogens with one attached hydrogen (secondary N) is 1. The van der Waals surface area contributed by atoms with Gasteiger partial charge < -0.3 is 5.32 Å². The fourth-order valence-electron chi connectivity index (χ4n) is 5.63. The van der Waals surface area contributed by atoms with Crippen LogP contribution in [0.3, 0.4) is 0 Å². The van der Waals surface area contributed by atoms with Crippen LogP contribution >= 0.6 is 0 Å². The second kappa shape index (κ2) is 4.84. The number of sulfonamides is 1. The number of carbonyl (C=O) groups excluding carboxylic acids is 2. The summed E-state index contributed by atoms with van der Waals surface area (Å²) in [5.74, 6) is 0.363. The minimum Gasteiger partial charge on any atom is -0.327 e. The molecule has 0 radical (unpaired) electrons. The van der Waals surface area contributed by atoms with Crippen LogP contribution in [0.2, 0.25) is 0 Å². The monoisotopic (exact) mass is 352 g/mol. The van der Waals surface area contributed by atoms with Gasteiger partial charge in [0.2, 0.25) is 10.0 Å². The van der Waals surface area contributed by atoms with Crippen molar-refractivity contribution in [2.45, 2.75) is 58.0 Å². The Balaban J connectivity index is 1.63. The Labute approximate surface area is 142 Å². The van der Waals surface area contributed by atoms with E-state index in [9.17, 15) is 18.0 Å². The molecule has 1 spiro atoms. The molecule has 2 amide bonds. The molecule has 2 bridgehead atoms. The van der Waals surface area contributed by atoms with Crippen molar-refractivity contribution in [1.29, 1.82) is 0 Å². The predicted octanol–water partition coefficient (Wildman–Crippen LogP) is 1.82. The fraction of sp³-hybridized carbons (Fsp3) is 0.765. The van der Waals surface area contributed by atoms with Gasteiger partial charge in [0.25, 0.3) is 0 Å². The van der Waals surface area contributed by atoms with Crippen molar-refractivity contribution in [3.63, 3.8) is 0 Å². The molecule has 0 aromatic heterocycles. The van der Waals surface area contributed by atoms with E-state index < -0.39 is 22.1 Å². The molecule has 132 valence electrons. The Hall–Kier alpha value is -1.37. The van der Waals surface area contributed by atoms with Gasteiger partial charge in [-0.05, 0) is 49.5 Å². The summed E-state index contributed by atoms with van der Waals surface area (Å²) in [6.07, 6.45) is 7.15. The number of hydrogen-bond donors (Lipinski definition) is 1. The first-order chi connectivity index (χ1) is 11.2. The van der Waals surface area contributed by atoms with Gasteiger partial charge in [-0.2, -0.15) is 0 Å². The first-order valence-corrected chi connectivity index (χ1v) is 10.3. The minimum atomic E-state index is -3.64. The largest absolute Gasteiger partial charge is 0.331 e. The van der Waals surface area contributed by atoms with Gasteiger partial charge >= 0.3 is 6.03 Å². The molecule has 1 heterocycles. The molecule has 0 aromatic carbocycles. The Bertz CT molecular complexity index is 742. The topological polar surface area (TPSA) is 83.6 Å². The third-order valence-electron chi connectivity index (χ3n) is 7.16. The molecule has 1 aliphatic heterocycles. The van der Waals surface area contributed by atoms with Crippen LogP contribution in [0.15, 0.2) is 12.2 Å². The summed E-state index contributed by atoms with van der Waals surface area (Å²) < 4.78 is 26.6. The van der Waals surface area contributed by atoms with Crippen molar-refractivity contribution in [2.24, 2.45) is 16.7 Å². The van der Waals surface area contributed by atoms with E-state index >= 15 is 0 Å². The van der Waals surface area contributed by atoms with Crippen LogP contribution < -0.4 is 5.32 Å². The summed E-state index contributed by atoms with van der Waals surface area (Å²) in [5, 5.41) is 2.67. The van der Waals surface area contributed by atoms with E-state index in [0.717, 1.165) is 23.6 Å². The molecule has 3 aliphatic carbocycles. The van der Waals surface area contributed by atoms with Crippen molar-refractivity contribution < 1.29 is 18.0 Å². The van der Waals surface area contributed by atoms with Gasteiger partial charge in [0.15, 0.2) is 5.78 Å². The SMILES string of the molecule is CC1(C)[C@H]2CC[C@@]13CS(=O)(=O)N(C(=O)N[C@@H]1CCC=CC1=O)[C@H]3C2. The molecule has 4 atom stereocenters. The second-order valence-corrected chi connectivity index (χ2v) is 10.1. The van der Waals surface area contributed by atoms with E-state index in [1.165, 1.54) is 6.08 Å². The van der Waals surface area contributed by atoms with Gasteiger partial charge in [-0.3, -0.25) is 4.79 Å². The van der Waals surface area contributed by atoms with Gasteiger partial charge in [0.1, 0.15) is 0 Å². The Morgan fingerprint density at radius 2 is 2.08 bits per heavy atom. The highest BCUT2D eigenvalue weighted by Crippen LogP contribution is 2.69. The van der Waals surface area contributed by atoms with Gasteiger partial charge in [0.05, 0.1) is 17.8 Å². The van der Waals surface area contributed by atoms with Crippen molar-refractivity contribution in [3.8, 4) is 0 Å². The number of carbonyl (C=O) groups is 2. The Morgan fingerprint density at radius 1 is 1.33 bits per heavy atom. The third-order valence-corrected chi connectivity index (χ3v) is 9.06. The Morgan fingerprint density at radius 3 is 2.75 bits per heavy atom. The molecule has 24 heavy (non-hydrogen) atoms. The number of ketones is 1. The molecule has 4 aliphatic rings. The lowest BCUT2D eigenvalue weighted by Crippen LogP contribution is -2.52. The highest BCUT2D eigenvalue weighted by molar-refractivity contribution is 7.90. The summed E-state index contributed by atoms with van der Waals surface area (Å²) in [6.45, 7) is 4.30. The van der Waals surface area contributed by atoms with Gasteiger partial charge in [-0.1, -0.05) is 19.9 Å². The van der Waals surface area contributed by atoms with Crippen molar-refractivity contribution in [1.82, 2.24) is 9.62 Å². The molecular formula is C17H24N2O4S. The predicted molar refractivity (Wildman–Crippen MR) is 88.7 cm³/mol. The number of urea groups is 1. The average Bonchev–Trinajstić information content (AvgIpc) is 2.96. The van der Waals surface area contributed by atoms with Crippen LogP contribution in [0.5, 0.6) is 0 Å². The lowest BCUT2D eigenvalue weighted by Gasteiger charge is -2.37. The number of amides is 2. The summed E-state index contributed by atoms with van der Waals surface area (Å²) in [5.41, 5.74) is -0.395. The van der Waals surface area contributed by atoms with Crippen LogP contribution in [0.25, 0.3) is 0 Å². The maximum absolute atomic E-state index is 12.8. The lowest BCUT2D eigenvalue weighted by molar-refractivity contribution is -0.116. The zero-order valence-electron chi connectivity index (χ0n) is 14.1. The number of fused-ring (bicyclic) bond motifs is 1. The molecule has 0 aromatic rings. The van der Waals surface area contributed by atoms with Crippen LogP contribution in [0.1, 0.15) is 46.0 Å². The number of allylic oxidation sites excluding steroid dienone is 1. The van der Waals surface area contributed by atoms with Crippen LogP contribution in [-0.4, -0.2) is 42.4 Å². The minimum absolute atomic E-state index is 0.0557. The van der Waals surface area contributed by atoms with Crippen molar-refractivity contribution >= 4 is 21.8 Å². The number of nitrogens with zero attached hydrogens (tertiary/aromatic N) is 1. The molecule has 2 saturated carbocycles. The van der Waals surface area contributed by atoms with E-state index in [-0.39, 0.29) is 28.4 Å². The van der Waals surface area contributed by atoms with Gasteiger partial charge in [0, 0.05) is 5.41 Å². The molecule has 0 unspecified atom stereocenters. The maximum atomic E-state index is 12.8. The molecule has 6 nitrogen and oxygen atoms in total. The zero-order chi connectivity index (χ0) is 17.3. The number of rotatable bonds is 1. The van der Waals surface area contributed by atoms with Gasteiger partial charge in [-0.25, -0.2) is 17.5 Å². The Kier molecular flexibility index (Phi) is 3.25. The van der Waals surface area contributed by atoms with E-state index in [2.05, 4.69) is 19.2 Å². The standard InChI is InChI=1S/C17H24N2O4S/c1-16(2)11-7-8-17(16)10-24(22,23)19(14(17)9-11)15(21)18-12-5-3-4-6-13(12)20/h4,6,11-12,14H,3,5,7-10H2,1-2H3,(H,18,21)/t11-,12+,14-,17-/m0/s1. The molecular weight excluding hydrogens is 328 g/mol. The molecule has 1 saturated heterocycles. The zero-order valence-corrected chi connectivity index (χ0v) is 14.9. The summed E-state index contributed by atoms with van der Waals surface area (Å²) in [6, 6.07) is -1.49. The van der Waals surface area contributed by atoms with Crippen molar-refractivity contribution in [3.05, 3.63) is 12.2 Å². The maximum Gasteiger partial charge on any atom is 0.331 e. The van der Waals surface area contributed by atoms with Crippen LogP contribution in [0, 0.1) is 16.7 Å². The lowest BCUT2D eigenvalue weighted by atomic mass is 9.69. The molecule has 1 N–H and O–H groups in total. The van der Waals surface area contributed by atoms with Gasteiger partial charge in [-0.15, -0.1) is 0 Å². The summed E-state index contributed by atoms with van der Waals surface area (Å²) in [7, 11) is -3.64. The first-order valence-electron chi connectivity index (χ1n) is 8.72. The van der Waals surface area contributed by atoms with E-state index in [1.807, 2.05) is 0 Å². The molecule has 7 heteroatoms. The number of hydrogen-bond acceptors (Lipinski definition) is 4. The average molecular weight is 352 g/mol. The molecule has 3 fully saturated rings. The first kappa shape index (κ1) is 16.1. The second-order valence-electron chi connectivity index (χ2n) is 8.30.